The van der Waals surface area contributed by atoms with Crippen LogP contribution < -0.4 is 5.32 Å². The Kier molecular flexibility index (Phi) is 5.57. The molecular weight excluding hydrogens is 534 g/mol. The van der Waals surface area contributed by atoms with Gasteiger partial charge in [-0.1, -0.05) is 115 Å². The van der Waals surface area contributed by atoms with Crippen LogP contribution in [0.15, 0.2) is 158 Å². The molecular formula is C41H29N3. The van der Waals surface area contributed by atoms with Crippen molar-refractivity contribution in [2.45, 2.75) is 6.54 Å². The van der Waals surface area contributed by atoms with Gasteiger partial charge in [0.25, 0.3) is 0 Å². The van der Waals surface area contributed by atoms with Crippen LogP contribution >= 0.6 is 0 Å². The lowest BCUT2D eigenvalue weighted by Crippen LogP contribution is -2.16. The summed E-state index contributed by atoms with van der Waals surface area (Å²) in [4.78, 5) is 0. The van der Waals surface area contributed by atoms with Crippen LogP contribution in [0.2, 0.25) is 0 Å². The van der Waals surface area contributed by atoms with E-state index in [1.807, 2.05) is 0 Å². The smallest absolute Gasteiger partial charge is 0.0620 e. The SMILES string of the molecule is C1=C(c2cccc3c4ccccc4n(-c4ccc(-c5ccccc5)cc4)c23)c2c(c3ccccc3n2-c2ccccc2)CN1. The summed E-state index contributed by atoms with van der Waals surface area (Å²) in [6.07, 6.45) is 2.22. The number of hydrogen-bond donors (Lipinski definition) is 1. The molecule has 3 heterocycles. The molecule has 0 atom stereocenters. The molecule has 208 valence electrons. The first-order chi connectivity index (χ1) is 21.9. The Bertz CT molecular complexity index is 2360. The number of nitrogens with one attached hydrogen (secondary N) is 1. The van der Waals surface area contributed by atoms with Gasteiger partial charge in [0.2, 0.25) is 0 Å². The van der Waals surface area contributed by atoms with Gasteiger partial charge in [-0.05, 0) is 47.5 Å². The van der Waals surface area contributed by atoms with Gasteiger partial charge in [0, 0.05) is 57.0 Å². The number of nitrogens with zero attached hydrogens (tertiary/aromatic N) is 2. The largest absolute Gasteiger partial charge is 0.386 e. The molecule has 3 heteroatoms. The molecule has 0 saturated carbocycles. The molecule has 1 aliphatic heterocycles. The predicted octanol–water partition coefficient (Wildman–Crippen LogP) is 9.89. The Balaban J connectivity index is 1.33. The number of para-hydroxylation sites is 4. The Labute approximate surface area is 255 Å². The molecule has 3 nitrogen and oxygen atoms in total. The Hall–Kier alpha value is -5.80. The first-order valence-corrected chi connectivity index (χ1v) is 15.2. The zero-order chi connectivity index (χ0) is 29.0. The Morgan fingerprint density at radius 3 is 1.82 bits per heavy atom. The van der Waals surface area contributed by atoms with Crippen LogP contribution in [-0.4, -0.2) is 9.13 Å². The minimum absolute atomic E-state index is 0.791. The molecule has 6 aromatic carbocycles. The molecule has 8 aromatic rings. The summed E-state index contributed by atoms with van der Waals surface area (Å²) in [5.74, 6) is 0. The lowest BCUT2D eigenvalue weighted by Gasteiger charge is -2.22. The predicted molar refractivity (Wildman–Crippen MR) is 183 cm³/mol. The Morgan fingerprint density at radius 2 is 1.05 bits per heavy atom. The average Bonchev–Trinajstić information content (AvgIpc) is 3.63. The van der Waals surface area contributed by atoms with Crippen molar-refractivity contribution in [2.75, 3.05) is 0 Å². The zero-order valence-corrected chi connectivity index (χ0v) is 24.1. The average molecular weight is 564 g/mol. The standard InChI is InChI=1S/C41H29N3/c1-3-12-28(13-4-1)29-22-24-31(25-23-29)44-38-20-9-7-16-32(38)34-18-11-19-35(40(34)44)37-27-42-26-36-33-17-8-10-21-39(33)43(41(36)37)30-14-5-2-6-15-30/h1-25,27,42H,26H2. The van der Waals surface area contributed by atoms with Crippen molar-refractivity contribution < 1.29 is 0 Å². The molecule has 0 saturated heterocycles. The van der Waals surface area contributed by atoms with E-state index in [0.717, 1.165) is 12.2 Å². The van der Waals surface area contributed by atoms with Crippen LogP contribution in [0, 0.1) is 0 Å². The van der Waals surface area contributed by atoms with E-state index in [-0.39, 0.29) is 0 Å². The van der Waals surface area contributed by atoms with E-state index in [9.17, 15) is 0 Å². The minimum atomic E-state index is 0.791. The van der Waals surface area contributed by atoms with Gasteiger partial charge >= 0.3 is 0 Å². The fraction of sp³-hybridized carbons (Fsp3) is 0.0244. The third-order valence-corrected chi connectivity index (χ3v) is 8.99. The fourth-order valence-electron chi connectivity index (χ4n) is 7.08. The van der Waals surface area contributed by atoms with Gasteiger partial charge in [-0.2, -0.15) is 0 Å². The number of aromatic nitrogens is 2. The van der Waals surface area contributed by atoms with E-state index in [4.69, 9.17) is 0 Å². The second-order valence-electron chi connectivity index (χ2n) is 11.4. The number of rotatable bonds is 4. The molecule has 44 heavy (non-hydrogen) atoms. The van der Waals surface area contributed by atoms with Crippen LogP contribution in [0.3, 0.4) is 0 Å². The summed E-state index contributed by atoms with van der Waals surface area (Å²) in [6.45, 7) is 0.791. The molecule has 0 aliphatic carbocycles. The molecule has 2 aromatic heterocycles. The van der Waals surface area contributed by atoms with Crippen molar-refractivity contribution in [1.82, 2.24) is 14.5 Å². The quantitative estimate of drug-likeness (QED) is 0.226. The van der Waals surface area contributed by atoms with Crippen molar-refractivity contribution in [3.8, 4) is 22.5 Å². The van der Waals surface area contributed by atoms with Crippen molar-refractivity contribution in [2.24, 2.45) is 0 Å². The zero-order valence-electron chi connectivity index (χ0n) is 24.1. The van der Waals surface area contributed by atoms with Crippen LogP contribution in [0.4, 0.5) is 0 Å². The Morgan fingerprint density at radius 1 is 0.455 bits per heavy atom. The summed E-state index contributed by atoms with van der Waals surface area (Å²) in [6, 6.07) is 54.6. The molecule has 0 bridgehead atoms. The summed E-state index contributed by atoms with van der Waals surface area (Å²) in [5, 5.41) is 7.44. The maximum absolute atomic E-state index is 3.65. The van der Waals surface area contributed by atoms with E-state index in [2.05, 4.69) is 172 Å². The lowest BCUT2D eigenvalue weighted by atomic mass is 9.95. The van der Waals surface area contributed by atoms with Crippen LogP contribution in [0.25, 0.3) is 60.8 Å². The minimum Gasteiger partial charge on any atom is -0.386 e. The van der Waals surface area contributed by atoms with Gasteiger partial charge < -0.3 is 14.5 Å². The highest BCUT2D eigenvalue weighted by atomic mass is 15.0. The fourth-order valence-corrected chi connectivity index (χ4v) is 7.08. The van der Waals surface area contributed by atoms with Gasteiger partial charge in [-0.25, -0.2) is 0 Å². The monoisotopic (exact) mass is 563 g/mol. The number of hydrogen-bond acceptors (Lipinski definition) is 1. The molecule has 0 unspecified atom stereocenters. The van der Waals surface area contributed by atoms with Gasteiger partial charge in [-0.3, -0.25) is 0 Å². The highest BCUT2D eigenvalue weighted by molar-refractivity contribution is 6.13. The van der Waals surface area contributed by atoms with Gasteiger partial charge in [0.15, 0.2) is 0 Å². The second kappa shape index (κ2) is 9.89. The third-order valence-electron chi connectivity index (χ3n) is 8.99. The maximum atomic E-state index is 3.65. The molecule has 0 fully saturated rings. The molecule has 1 N–H and O–H groups in total. The van der Waals surface area contributed by atoms with Crippen molar-refractivity contribution in [3.05, 3.63) is 175 Å². The third kappa shape index (κ3) is 3.69. The number of benzene rings is 6. The van der Waals surface area contributed by atoms with Gasteiger partial charge in [0.05, 0.1) is 22.2 Å². The molecule has 1 aliphatic rings. The van der Waals surface area contributed by atoms with E-state index in [1.165, 1.54) is 71.9 Å². The van der Waals surface area contributed by atoms with E-state index in [0.29, 0.717) is 0 Å². The normalized spacial score (nSPS) is 12.8. The van der Waals surface area contributed by atoms with Gasteiger partial charge in [0.1, 0.15) is 0 Å². The molecule has 0 radical (unpaired) electrons. The summed E-state index contributed by atoms with van der Waals surface area (Å²) in [5.41, 5.74) is 13.4. The van der Waals surface area contributed by atoms with Crippen LogP contribution in [0.5, 0.6) is 0 Å². The van der Waals surface area contributed by atoms with Crippen molar-refractivity contribution in [3.63, 3.8) is 0 Å². The van der Waals surface area contributed by atoms with Crippen LogP contribution in [-0.2, 0) is 6.54 Å². The highest BCUT2D eigenvalue weighted by Gasteiger charge is 2.27. The van der Waals surface area contributed by atoms with E-state index < -0.39 is 0 Å². The molecule has 9 rings (SSSR count). The second-order valence-corrected chi connectivity index (χ2v) is 11.4. The first kappa shape index (κ1) is 24.8. The van der Waals surface area contributed by atoms with Crippen molar-refractivity contribution in [1.29, 1.82) is 0 Å². The summed E-state index contributed by atoms with van der Waals surface area (Å²) < 4.78 is 4.89. The lowest BCUT2D eigenvalue weighted by molar-refractivity contribution is 0.848. The maximum Gasteiger partial charge on any atom is 0.0620 e. The van der Waals surface area contributed by atoms with Crippen molar-refractivity contribution >= 4 is 38.3 Å². The van der Waals surface area contributed by atoms with Crippen LogP contribution in [0.1, 0.15) is 16.8 Å². The van der Waals surface area contributed by atoms with Gasteiger partial charge in [-0.15, -0.1) is 0 Å². The topological polar surface area (TPSA) is 21.9 Å². The summed E-state index contributed by atoms with van der Waals surface area (Å²) in [7, 11) is 0. The van der Waals surface area contributed by atoms with E-state index >= 15 is 0 Å². The molecule has 0 amide bonds. The molecule has 0 spiro atoms. The highest BCUT2D eigenvalue weighted by Crippen LogP contribution is 2.43. The van der Waals surface area contributed by atoms with E-state index in [1.54, 1.807) is 0 Å². The summed E-state index contributed by atoms with van der Waals surface area (Å²) >= 11 is 0. The number of fused-ring (bicyclic) bond motifs is 6. The first-order valence-electron chi connectivity index (χ1n) is 15.2.